The lowest BCUT2D eigenvalue weighted by Gasteiger charge is -2.62. The summed E-state index contributed by atoms with van der Waals surface area (Å²) in [5.74, 6) is 0. The van der Waals surface area contributed by atoms with Gasteiger partial charge in [-0.25, -0.2) is 0 Å². The van der Waals surface area contributed by atoms with Gasteiger partial charge in [-0.05, 0) is 193 Å². The maximum atomic E-state index is 2.70. The average molecular weight is 1280 g/mol. The Balaban J connectivity index is 1.02. The van der Waals surface area contributed by atoms with Gasteiger partial charge in [0.05, 0.1) is 11.4 Å². The molecule has 0 bridgehead atoms. The second kappa shape index (κ2) is 23.4. The number of fused-ring (bicyclic) bond motifs is 14. The Hall–Kier alpha value is -11.8. The van der Waals surface area contributed by atoms with Gasteiger partial charge in [0.2, 0.25) is 0 Å². The maximum absolute atomic E-state index is 2.70. The quantitative estimate of drug-likeness (QED) is 0.127. The highest BCUT2D eigenvalue weighted by molar-refractivity contribution is 6.19. The van der Waals surface area contributed by atoms with E-state index in [1.807, 2.05) is 0 Å². The van der Waals surface area contributed by atoms with Gasteiger partial charge in [-0.1, -0.05) is 333 Å². The predicted molar refractivity (Wildman–Crippen MR) is 425 cm³/mol. The van der Waals surface area contributed by atoms with Gasteiger partial charge in [-0.2, -0.15) is 0 Å². The molecule has 2 atom stereocenters. The molecule has 16 aromatic rings. The zero-order valence-corrected chi connectivity index (χ0v) is 57.4. The molecule has 100 heavy (non-hydrogen) atoms. The third kappa shape index (κ3) is 9.16. The number of benzene rings is 16. The van der Waals surface area contributed by atoms with Gasteiger partial charge in [-0.3, -0.25) is 0 Å². The second-order valence-corrected chi connectivity index (χ2v) is 29.5. The number of hydrogen-bond donors (Lipinski definition) is 0. The Morgan fingerprint density at radius 1 is 0.200 bits per heavy atom. The summed E-state index contributed by atoms with van der Waals surface area (Å²) in [5, 5.41) is 9.79. The molecular formula is C98H76N2. The summed E-state index contributed by atoms with van der Waals surface area (Å²) in [7, 11) is 0. The molecule has 0 saturated heterocycles. The van der Waals surface area contributed by atoms with Gasteiger partial charge in [0, 0.05) is 44.4 Å². The fourth-order valence-electron chi connectivity index (χ4n) is 18.4. The number of nitrogens with zero attached hydrogens (tertiary/aromatic N) is 2. The van der Waals surface area contributed by atoms with Crippen LogP contribution in [0, 0.1) is 10.8 Å². The largest absolute Gasteiger partial charge is 0.310 e. The maximum Gasteiger partial charge on any atom is 0.0543 e. The Kier molecular flexibility index (Phi) is 14.2. The molecule has 0 amide bonds. The van der Waals surface area contributed by atoms with E-state index in [-0.39, 0.29) is 0 Å². The molecule has 0 saturated carbocycles. The van der Waals surface area contributed by atoms with Crippen LogP contribution in [0.25, 0.3) is 110 Å². The van der Waals surface area contributed by atoms with Crippen molar-refractivity contribution in [3.63, 3.8) is 0 Å². The van der Waals surface area contributed by atoms with E-state index < -0.39 is 21.7 Å². The van der Waals surface area contributed by atoms with Crippen LogP contribution in [0.4, 0.5) is 34.1 Å². The van der Waals surface area contributed by atoms with E-state index in [4.69, 9.17) is 0 Å². The first kappa shape index (κ1) is 60.6. The molecule has 2 aliphatic carbocycles. The highest BCUT2D eigenvalue weighted by atomic mass is 15.2. The predicted octanol–water partition coefficient (Wildman–Crippen LogP) is 27.2. The van der Waals surface area contributed by atoms with Crippen molar-refractivity contribution in [2.45, 2.75) is 52.4 Å². The van der Waals surface area contributed by atoms with Crippen molar-refractivity contribution in [2.75, 3.05) is 9.80 Å². The molecule has 18 rings (SSSR count). The molecule has 2 unspecified atom stereocenters. The fraction of sp³-hybridized carbons (Fsp3) is 0.102. The molecular weight excluding hydrogens is 1210 g/mol. The van der Waals surface area contributed by atoms with Crippen LogP contribution in [-0.2, 0) is 10.8 Å². The van der Waals surface area contributed by atoms with Crippen LogP contribution in [0.5, 0.6) is 0 Å². The van der Waals surface area contributed by atoms with Crippen LogP contribution in [0.15, 0.2) is 352 Å². The van der Waals surface area contributed by atoms with E-state index >= 15 is 0 Å². The van der Waals surface area contributed by atoms with Crippen molar-refractivity contribution >= 4 is 77.2 Å². The summed E-state index contributed by atoms with van der Waals surface area (Å²) >= 11 is 0. The zero-order chi connectivity index (χ0) is 67.5. The lowest BCUT2D eigenvalue weighted by atomic mass is 9.39. The molecule has 0 aliphatic heterocycles. The van der Waals surface area contributed by atoms with E-state index in [9.17, 15) is 0 Å². The number of hydrogen-bond acceptors (Lipinski definition) is 2. The third-order valence-electron chi connectivity index (χ3n) is 22.2. The first-order valence-electron chi connectivity index (χ1n) is 35.3. The van der Waals surface area contributed by atoms with E-state index in [2.05, 4.69) is 403 Å². The minimum Gasteiger partial charge on any atom is -0.310 e. The topological polar surface area (TPSA) is 6.48 Å². The van der Waals surface area contributed by atoms with Crippen LogP contribution >= 0.6 is 0 Å². The van der Waals surface area contributed by atoms with Gasteiger partial charge in [0.25, 0.3) is 0 Å². The first-order chi connectivity index (χ1) is 48.9. The van der Waals surface area contributed by atoms with Crippen molar-refractivity contribution in [3.05, 3.63) is 374 Å². The molecule has 2 heteroatoms. The molecule has 478 valence electrons. The van der Waals surface area contributed by atoms with Crippen LogP contribution in [0.2, 0.25) is 0 Å². The highest BCUT2D eigenvalue weighted by Gasteiger charge is 2.71. The normalized spacial score (nSPS) is 15.4. The van der Waals surface area contributed by atoms with E-state index in [1.54, 1.807) is 0 Å². The lowest BCUT2D eigenvalue weighted by molar-refractivity contribution is 0.0596. The van der Waals surface area contributed by atoms with Crippen molar-refractivity contribution < 1.29 is 0 Å². The van der Waals surface area contributed by atoms with E-state index in [1.165, 1.54) is 110 Å². The summed E-state index contributed by atoms with van der Waals surface area (Å²) in [6.45, 7) is 15.4. The van der Waals surface area contributed by atoms with Gasteiger partial charge in [0.15, 0.2) is 0 Å². The molecule has 0 radical (unpaired) electrons. The Bertz CT molecular complexity index is 5350. The Morgan fingerprint density at radius 2 is 0.450 bits per heavy atom. The monoisotopic (exact) mass is 1280 g/mol. The number of rotatable bonds is 11. The average Bonchev–Trinajstić information content (AvgIpc) is 1.45. The summed E-state index contributed by atoms with van der Waals surface area (Å²) < 4.78 is 0. The fourth-order valence-corrected chi connectivity index (χ4v) is 18.4. The Morgan fingerprint density at radius 3 is 0.750 bits per heavy atom. The standard InChI is InChI=1S/C98H76N2/c1-95(2,3)97(85-57-55-69-39-19-21-49-79(69)91(85)93-83-53-25-23-51-81(83)89(63-87(93)97)99(75-45-27-41-71(59-75)65-31-11-7-12-32-65)76-46-28-42-72(60-76)66-33-13-8-14-34-66)98(96(4,5)6)86-58-56-70-40-20-22-50-80(70)92(86)94-84-54-26-24-52-82(84)90(64-88(94)98)100(77-47-29-43-73(61-77)67-35-15-9-16-36-67)78-48-30-44-74(62-78)68-37-17-10-18-38-68/h7-64H,1-6H3. The van der Waals surface area contributed by atoms with Crippen LogP contribution in [0.1, 0.15) is 63.8 Å². The van der Waals surface area contributed by atoms with Crippen molar-refractivity contribution in [1.29, 1.82) is 0 Å². The van der Waals surface area contributed by atoms with E-state index in [0.717, 1.165) is 56.4 Å². The molecule has 0 spiro atoms. The molecule has 16 aromatic carbocycles. The van der Waals surface area contributed by atoms with Gasteiger partial charge >= 0.3 is 0 Å². The Labute approximate surface area is 587 Å². The third-order valence-corrected chi connectivity index (χ3v) is 22.2. The summed E-state index contributed by atoms with van der Waals surface area (Å²) in [6, 6.07) is 133. The molecule has 0 N–H and O–H groups in total. The lowest BCUT2D eigenvalue weighted by Crippen LogP contribution is -2.62. The molecule has 0 heterocycles. The van der Waals surface area contributed by atoms with Crippen LogP contribution < -0.4 is 9.80 Å². The molecule has 2 nitrogen and oxygen atoms in total. The summed E-state index contributed by atoms with van der Waals surface area (Å²) in [4.78, 5) is 5.17. The van der Waals surface area contributed by atoms with Crippen molar-refractivity contribution in [3.8, 4) is 66.8 Å². The first-order valence-corrected chi connectivity index (χ1v) is 35.3. The van der Waals surface area contributed by atoms with Crippen LogP contribution in [0.3, 0.4) is 0 Å². The van der Waals surface area contributed by atoms with Gasteiger partial charge in [0.1, 0.15) is 0 Å². The minimum atomic E-state index is -0.845. The van der Waals surface area contributed by atoms with E-state index in [0.29, 0.717) is 0 Å². The van der Waals surface area contributed by atoms with Crippen LogP contribution in [-0.4, -0.2) is 0 Å². The van der Waals surface area contributed by atoms with Crippen molar-refractivity contribution in [1.82, 2.24) is 0 Å². The molecule has 0 fully saturated rings. The van der Waals surface area contributed by atoms with Gasteiger partial charge in [-0.15, -0.1) is 0 Å². The SMILES string of the molecule is CC(C)(C)C1(C2(C(C)(C)C)c3ccc4ccccc4c3-c3c2cc(N(c2cccc(-c4ccccc4)c2)c2cccc(-c4ccccc4)c2)c2ccccc32)c2ccc3ccccc3c2-c2c1cc(N(c1cccc(-c3ccccc3)c1)c1cccc(-c3ccccc3)c1)c1ccccc21. The molecule has 0 aromatic heterocycles. The number of anilines is 6. The molecule has 2 aliphatic rings. The minimum absolute atomic E-state index is 0.530. The zero-order valence-electron chi connectivity index (χ0n) is 57.4. The van der Waals surface area contributed by atoms with Gasteiger partial charge < -0.3 is 9.80 Å². The highest BCUT2D eigenvalue weighted by Crippen LogP contribution is 2.77. The smallest absolute Gasteiger partial charge is 0.0543 e. The van der Waals surface area contributed by atoms with Crippen molar-refractivity contribution in [2.24, 2.45) is 10.8 Å². The second-order valence-electron chi connectivity index (χ2n) is 29.5. The summed E-state index contributed by atoms with van der Waals surface area (Å²) in [6.07, 6.45) is 0. The summed E-state index contributed by atoms with van der Waals surface area (Å²) in [5.41, 5.74) is 23.7.